The van der Waals surface area contributed by atoms with Gasteiger partial charge in [-0.2, -0.15) is 0 Å². The van der Waals surface area contributed by atoms with Crippen LogP contribution in [0, 0.1) is 0 Å². The smallest absolute Gasteiger partial charge is 0.335 e. The van der Waals surface area contributed by atoms with Gasteiger partial charge in [-0.25, -0.2) is 4.79 Å². The standard InChI is InChI=1S/C19H18N2O4/c22-17(14-4-2-1-3-5-14)20-10-12-21(13-11-20)18(23)15-6-8-16(9-7-15)19(24)25/h1-9H,10-13H2,(H,24,25). The Morgan fingerprint density at radius 2 is 1.04 bits per heavy atom. The molecule has 1 saturated heterocycles. The average molecular weight is 338 g/mol. The molecule has 3 rings (SSSR count). The van der Waals surface area contributed by atoms with Crippen molar-refractivity contribution in [1.29, 1.82) is 0 Å². The van der Waals surface area contributed by atoms with E-state index in [1.54, 1.807) is 21.9 Å². The zero-order valence-electron chi connectivity index (χ0n) is 13.6. The van der Waals surface area contributed by atoms with Gasteiger partial charge in [0.05, 0.1) is 5.56 Å². The summed E-state index contributed by atoms with van der Waals surface area (Å²) >= 11 is 0. The highest BCUT2D eigenvalue weighted by molar-refractivity contribution is 5.97. The quantitative estimate of drug-likeness (QED) is 0.928. The second-order valence-electron chi connectivity index (χ2n) is 5.83. The predicted octanol–water partition coefficient (Wildman–Crippen LogP) is 1.98. The molecule has 25 heavy (non-hydrogen) atoms. The molecular formula is C19H18N2O4. The molecule has 128 valence electrons. The Labute approximate surface area is 145 Å². The highest BCUT2D eigenvalue weighted by atomic mass is 16.4. The number of hydrogen-bond donors (Lipinski definition) is 1. The van der Waals surface area contributed by atoms with Crippen molar-refractivity contribution in [3.05, 3.63) is 71.3 Å². The summed E-state index contributed by atoms with van der Waals surface area (Å²) in [6.45, 7) is 1.87. The minimum absolute atomic E-state index is 0.0292. The fourth-order valence-electron chi connectivity index (χ4n) is 2.81. The lowest BCUT2D eigenvalue weighted by Crippen LogP contribution is -2.50. The minimum atomic E-state index is -1.02. The van der Waals surface area contributed by atoms with Crippen molar-refractivity contribution >= 4 is 17.8 Å². The van der Waals surface area contributed by atoms with Crippen molar-refractivity contribution in [2.75, 3.05) is 26.2 Å². The van der Waals surface area contributed by atoms with Crippen LogP contribution in [-0.2, 0) is 0 Å². The minimum Gasteiger partial charge on any atom is -0.478 e. The molecule has 0 bridgehead atoms. The number of aromatic carboxylic acids is 1. The molecule has 1 heterocycles. The lowest BCUT2D eigenvalue weighted by Gasteiger charge is -2.34. The van der Waals surface area contributed by atoms with E-state index in [0.717, 1.165) is 0 Å². The Balaban J connectivity index is 1.61. The number of carboxylic acids is 1. The molecule has 0 radical (unpaired) electrons. The lowest BCUT2D eigenvalue weighted by molar-refractivity contribution is 0.0535. The molecular weight excluding hydrogens is 320 g/mol. The summed E-state index contributed by atoms with van der Waals surface area (Å²) < 4.78 is 0. The highest BCUT2D eigenvalue weighted by Crippen LogP contribution is 2.13. The molecule has 6 nitrogen and oxygen atoms in total. The van der Waals surface area contributed by atoms with Crippen molar-refractivity contribution in [2.45, 2.75) is 0 Å². The van der Waals surface area contributed by atoms with Crippen LogP contribution in [0.4, 0.5) is 0 Å². The average Bonchev–Trinajstić information content (AvgIpc) is 2.67. The summed E-state index contributed by atoms with van der Waals surface area (Å²) in [7, 11) is 0. The molecule has 1 aliphatic heterocycles. The van der Waals surface area contributed by atoms with E-state index < -0.39 is 5.97 Å². The molecule has 0 aromatic heterocycles. The van der Waals surface area contributed by atoms with Crippen molar-refractivity contribution in [3.8, 4) is 0 Å². The lowest BCUT2D eigenvalue weighted by atomic mass is 10.1. The van der Waals surface area contributed by atoms with Crippen LogP contribution in [0.25, 0.3) is 0 Å². The number of carbonyl (C=O) groups excluding carboxylic acids is 2. The van der Waals surface area contributed by atoms with E-state index in [-0.39, 0.29) is 17.4 Å². The maximum absolute atomic E-state index is 12.5. The first-order chi connectivity index (χ1) is 12.1. The van der Waals surface area contributed by atoms with Crippen LogP contribution < -0.4 is 0 Å². The monoisotopic (exact) mass is 338 g/mol. The molecule has 1 aliphatic rings. The molecule has 2 amide bonds. The number of rotatable bonds is 3. The molecule has 0 unspecified atom stereocenters. The Hall–Kier alpha value is -3.15. The summed E-state index contributed by atoms with van der Waals surface area (Å²) in [5.74, 6) is -1.20. The molecule has 6 heteroatoms. The molecule has 2 aromatic carbocycles. The van der Waals surface area contributed by atoms with Gasteiger partial charge in [0.2, 0.25) is 0 Å². The largest absolute Gasteiger partial charge is 0.478 e. The topological polar surface area (TPSA) is 77.9 Å². The zero-order chi connectivity index (χ0) is 17.8. The summed E-state index contributed by atoms with van der Waals surface area (Å²) in [5, 5.41) is 8.91. The van der Waals surface area contributed by atoms with E-state index in [4.69, 9.17) is 5.11 Å². The van der Waals surface area contributed by atoms with Gasteiger partial charge in [-0.1, -0.05) is 18.2 Å². The maximum Gasteiger partial charge on any atom is 0.335 e. The number of carbonyl (C=O) groups is 3. The third-order valence-corrected chi connectivity index (χ3v) is 4.25. The second kappa shape index (κ2) is 7.17. The second-order valence-corrected chi connectivity index (χ2v) is 5.83. The summed E-state index contributed by atoms with van der Waals surface area (Å²) in [6.07, 6.45) is 0. The fraction of sp³-hybridized carbons (Fsp3) is 0.211. The van der Waals surface area contributed by atoms with Gasteiger partial charge in [0.1, 0.15) is 0 Å². The number of piperazine rings is 1. The molecule has 0 spiro atoms. The van der Waals surface area contributed by atoms with Gasteiger partial charge in [0.15, 0.2) is 0 Å². The SMILES string of the molecule is O=C(O)c1ccc(C(=O)N2CCN(C(=O)c3ccccc3)CC2)cc1. The van der Waals surface area contributed by atoms with Gasteiger partial charge in [-0.3, -0.25) is 9.59 Å². The normalized spacial score (nSPS) is 14.2. The summed E-state index contributed by atoms with van der Waals surface area (Å²) in [4.78, 5) is 39.2. The third kappa shape index (κ3) is 3.68. The van der Waals surface area contributed by atoms with Crippen LogP contribution >= 0.6 is 0 Å². The molecule has 2 aromatic rings. The van der Waals surface area contributed by atoms with Gasteiger partial charge in [0, 0.05) is 37.3 Å². The Kier molecular flexibility index (Phi) is 4.79. The van der Waals surface area contributed by atoms with Gasteiger partial charge >= 0.3 is 5.97 Å². The zero-order valence-corrected chi connectivity index (χ0v) is 13.6. The summed E-state index contributed by atoms with van der Waals surface area (Å²) in [6, 6.07) is 15.0. The number of amides is 2. The van der Waals surface area contributed by atoms with Gasteiger partial charge in [-0.15, -0.1) is 0 Å². The van der Waals surface area contributed by atoms with Crippen LogP contribution in [0.5, 0.6) is 0 Å². The van der Waals surface area contributed by atoms with Crippen molar-refractivity contribution < 1.29 is 19.5 Å². The van der Waals surface area contributed by atoms with Crippen molar-refractivity contribution in [1.82, 2.24) is 9.80 Å². The molecule has 1 N–H and O–H groups in total. The van der Waals surface area contributed by atoms with E-state index in [2.05, 4.69) is 0 Å². The first-order valence-electron chi connectivity index (χ1n) is 8.03. The van der Waals surface area contributed by atoms with Crippen LogP contribution in [-0.4, -0.2) is 58.9 Å². The van der Waals surface area contributed by atoms with E-state index in [0.29, 0.717) is 37.3 Å². The Morgan fingerprint density at radius 3 is 1.48 bits per heavy atom. The van der Waals surface area contributed by atoms with E-state index in [9.17, 15) is 14.4 Å². The van der Waals surface area contributed by atoms with E-state index >= 15 is 0 Å². The Morgan fingerprint density at radius 1 is 0.640 bits per heavy atom. The number of nitrogens with zero attached hydrogens (tertiary/aromatic N) is 2. The van der Waals surface area contributed by atoms with Crippen LogP contribution in [0.15, 0.2) is 54.6 Å². The number of hydrogen-bond acceptors (Lipinski definition) is 3. The van der Waals surface area contributed by atoms with Gasteiger partial charge in [-0.05, 0) is 36.4 Å². The molecule has 0 saturated carbocycles. The first-order valence-corrected chi connectivity index (χ1v) is 8.03. The Bertz CT molecular complexity index is 779. The van der Waals surface area contributed by atoms with Crippen LogP contribution in [0.1, 0.15) is 31.1 Å². The van der Waals surface area contributed by atoms with Crippen LogP contribution in [0.3, 0.4) is 0 Å². The maximum atomic E-state index is 12.5. The van der Waals surface area contributed by atoms with E-state index in [1.807, 2.05) is 18.2 Å². The van der Waals surface area contributed by atoms with Crippen molar-refractivity contribution in [3.63, 3.8) is 0 Å². The number of carboxylic acid groups (broad SMARTS) is 1. The van der Waals surface area contributed by atoms with Crippen molar-refractivity contribution in [2.24, 2.45) is 0 Å². The van der Waals surface area contributed by atoms with Gasteiger partial charge < -0.3 is 14.9 Å². The molecule has 0 atom stereocenters. The first kappa shape index (κ1) is 16.7. The van der Waals surface area contributed by atoms with Crippen LogP contribution in [0.2, 0.25) is 0 Å². The number of benzene rings is 2. The van der Waals surface area contributed by atoms with E-state index in [1.165, 1.54) is 24.3 Å². The fourth-order valence-corrected chi connectivity index (χ4v) is 2.81. The third-order valence-electron chi connectivity index (χ3n) is 4.25. The highest BCUT2D eigenvalue weighted by Gasteiger charge is 2.25. The molecule has 0 aliphatic carbocycles. The van der Waals surface area contributed by atoms with Gasteiger partial charge in [0.25, 0.3) is 11.8 Å². The molecule has 1 fully saturated rings. The predicted molar refractivity (Wildman–Crippen MR) is 91.7 cm³/mol. The summed E-state index contributed by atoms with van der Waals surface area (Å²) in [5.41, 5.74) is 1.24.